The summed E-state index contributed by atoms with van der Waals surface area (Å²) in [5.74, 6) is 0.267. The number of carbonyl (C=O) groups is 1. The average molecular weight is 414 g/mol. The third kappa shape index (κ3) is 6.71. The molecule has 1 amide bonds. The molecule has 27 heavy (non-hydrogen) atoms. The first-order chi connectivity index (χ1) is 12.4. The summed E-state index contributed by atoms with van der Waals surface area (Å²) >= 11 is 5.78. The molecule has 146 valence electrons. The highest BCUT2D eigenvalue weighted by molar-refractivity contribution is 6.30. The van der Waals surface area contributed by atoms with Crippen LogP contribution in [0.15, 0.2) is 42.5 Å². The number of carbonyl (C=O) groups excluding carboxylic acids is 1. The summed E-state index contributed by atoms with van der Waals surface area (Å²) < 4.78 is 5.55. The predicted octanol–water partition coefficient (Wildman–Crippen LogP) is 4.19. The maximum Gasteiger partial charge on any atom is 0.313 e. The van der Waals surface area contributed by atoms with E-state index in [4.69, 9.17) is 16.3 Å². The first-order valence-electron chi connectivity index (χ1n) is 8.14. The van der Waals surface area contributed by atoms with Crippen LogP contribution in [0.1, 0.15) is 24.2 Å². The molecule has 1 atom stereocenters. The number of halogens is 2. The van der Waals surface area contributed by atoms with Gasteiger partial charge in [-0.1, -0.05) is 18.5 Å². The van der Waals surface area contributed by atoms with Gasteiger partial charge in [0.25, 0.3) is 5.91 Å². The number of benzene rings is 2. The van der Waals surface area contributed by atoms with Crippen molar-refractivity contribution in [1.82, 2.24) is 10.6 Å². The molecule has 0 aliphatic rings. The minimum absolute atomic E-state index is 0. The van der Waals surface area contributed by atoms with Crippen molar-refractivity contribution in [3.05, 3.63) is 63.2 Å². The lowest BCUT2D eigenvalue weighted by atomic mass is 10.2. The highest BCUT2D eigenvalue weighted by Crippen LogP contribution is 2.33. The summed E-state index contributed by atoms with van der Waals surface area (Å²) in [5, 5.41) is 17.4. The summed E-state index contributed by atoms with van der Waals surface area (Å²) in [6.45, 7) is 5.34. The van der Waals surface area contributed by atoms with Gasteiger partial charge in [0, 0.05) is 29.2 Å². The monoisotopic (exact) mass is 413 g/mol. The molecule has 0 aromatic heterocycles. The quantitative estimate of drug-likeness (QED) is 0.499. The Hall–Kier alpha value is -2.35. The van der Waals surface area contributed by atoms with Gasteiger partial charge >= 0.3 is 5.69 Å². The molecule has 9 heteroatoms. The SMILES string of the molecule is CCN[C@H](C)CNC(=O)c1ccc(Oc2ccc(Cl)cc2[N+](=O)[O-])cc1.Cl. The van der Waals surface area contributed by atoms with Crippen LogP contribution in [-0.4, -0.2) is 30.0 Å². The molecule has 7 nitrogen and oxygen atoms in total. The lowest BCUT2D eigenvalue weighted by molar-refractivity contribution is -0.385. The van der Waals surface area contributed by atoms with Crippen LogP contribution in [0.3, 0.4) is 0 Å². The Balaban J connectivity index is 0.00000364. The highest BCUT2D eigenvalue weighted by Gasteiger charge is 2.16. The fraction of sp³-hybridized carbons (Fsp3) is 0.278. The van der Waals surface area contributed by atoms with Crippen molar-refractivity contribution >= 4 is 35.6 Å². The molecule has 0 fully saturated rings. The van der Waals surface area contributed by atoms with Crippen LogP contribution < -0.4 is 15.4 Å². The van der Waals surface area contributed by atoms with Crippen LogP contribution in [0, 0.1) is 10.1 Å². The minimum atomic E-state index is -0.561. The van der Waals surface area contributed by atoms with Gasteiger partial charge < -0.3 is 15.4 Å². The van der Waals surface area contributed by atoms with Crippen LogP contribution in [0.25, 0.3) is 0 Å². The van der Waals surface area contributed by atoms with E-state index in [-0.39, 0.29) is 40.8 Å². The van der Waals surface area contributed by atoms with Gasteiger partial charge in [-0.05, 0) is 49.9 Å². The van der Waals surface area contributed by atoms with E-state index in [0.29, 0.717) is 17.9 Å². The second-order valence-corrected chi connectivity index (χ2v) is 6.10. The molecule has 0 bridgehead atoms. The Kier molecular flexibility index (Phi) is 9.00. The second kappa shape index (κ2) is 10.7. The Morgan fingerprint density at radius 1 is 1.26 bits per heavy atom. The third-order valence-corrected chi connectivity index (χ3v) is 3.82. The van der Waals surface area contributed by atoms with Crippen molar-refractivity contribution < 1.29 is 14.5 Å². The summed E-state index contributed by atoms with van der Waals surface area (Å²) in [6, 6.07) is 10.7. The number of nitrogens with one attached hydrogen (secondary N) is 2. The Morgan fingerprint density at radius 3 is 2.52 bits per heavy atom. The molecular weight excluding hydrogens is 393 g/mol. The molecule has 2 N–H and O–H groups in total. The number of hydrogen-bond acceptors (Lipinski definition) is 5. The topological polar surface area (TPSA) is 93.5 Å². The average Bonchev–Trinajstić information content (AvgIpc) is 2.62. The number of ether oxygens (including phenoxy) is 1. The number of hydrogen-bond donors (Lipinski definition) is 2. The van der Waals surface area contributed by atoms with Gasteiger partial charge in [-0.15, -0.1) is 12.4 Å². The van der Waals surface area contributed by atoms with Crippen LogP contribution in [-0.2, 0) is 0 Å². The standard InChI is InChI=1S/C18H20ClN3O4.ClH/c1-3-20-12(2)11-21-18(23)13-4-7-15(8-5-13)26-17-9-6-14(19)10-16(17)22(24)25;/h4-10,12,20H,3,11H2,1-2H3,(H,21,23);1H/t12-;/m1./s1. The zero-order valence-electron chi connectivity index (χ0n) is 14.9. The van der Waals surface area contributed by atoms with Gasteiger partial charge in [0.05, 0.1) is 4.92 Å². The Labute approximate surface area is 168 Å². The van der Waals surface area contributed by atoms with Gasteiger partial charge in [0.15, 0.2) is 0 Å². The lowest BCUT2D eigenvalue weighted by Gasteiger charge is -2.13. The molecule has 0 saturated heterocycles. The molecule has 0 unspecified atom stereocenters. The predicted molar refractivity (Wildman–Crippen MR) is 107 cm³/mol. The minimum Gasteiger partial charge on any atom is -0.450 e. The number of nitro benzene ring substituents is 1. The summed E-state index contributed by atoms with van der Waals surface area (Å²) in [6.07, 6.45) is 0. The van der Waals surface area contributed by atoms with E-state index >= 15 is 0 Å². The molecule has 0 heterocycles. The van der Waals surface area contributed by atoms with E-state index in [9.17, 15) is 14.9 Å². The Morgan fingerprint density at radius 2 is 1.93 bits per heavy atom. The van der Waals surface area contributed by atoms with Crippen LogP contribution >= 0.6 is 24.0 Å². The molecule has 2 aromatic carbocycles. The van der Waals surface area contributed by atoms with Crippen molar-refractivity contribution in [1.29, 1.82) is 0 Å². The number of nitro groups is 1. The molecule has 0 saturated carbocycles. The molecule has 0 aliphatic carbocycles. The number of likely N-dealkylation sites (N-methyl/N-ethyl adjacent to an activating group) is 1. The van der Waals surface area contributed by atoms with Crippen LogP contribution in [0.4, 0.5) is 5.69 Å². The van der Waals surface area contributed by atoms with Crippen molar-refractivity contribution in [3.8, 4) is 11.5 Å². The maximum absolute atomic E-state index is 12.1. The fourth-order valence-electron chi connectivity index (χ4n) is 2.29. The van der Waals surface area contributed by atoms with E-state index in [1.165, 1.54) is 18.2 Å². The van der Waals surface area contributed by atoms with Gasteiger partial charge in [-0.3, -0.25) is 14.9 Å². The summed E-state index contributed by atoms with van der Waals surface area (Å²) in [4.78, 5) is 22.6. The van der Waals surface area contributed by atoms with Crippen molar-refractivity contribution in [2.24, 2.45) is 0 Å². The molecule has 0 aliphatic heterocycles. The lowest BCUT2D eigenvalue weighted by Crippen LogP contribution is -2.38. The number of amides is 1. The molecule has 2 aromatic rings. The van der Waals surface area contributed by atoms with E-state index < -0.39 is 4.92 Å². The summed E-state index contributed by atoms with van der Waals surface area (Å²) in [7, 11) is 0. The van der Waals surface area contributed by atoms with Gasteiger partial charge in [0.2, 0.25) is 5.75 Å². The van der Waals surface area contributed by atoms with Gasteiger partial charge in [-0.2, -0.15) is 0 Å². The first-order valence-corrected chi connectivity index (χ1v) is 8.52. The fourth-order valence-corrected chi connectivity index (χ4v) is 2.46. The van der Waals surface area contributed by atoms with Crippen molar-refractivity contribution in [2.45, 2.75) is 19.9 Å². The molecule has 0 radical (unpaired) electrons. The van der Waals surface area contributed by atoms with E-state index in [1.54, 1.807) is 24.3 Å². The Bertz CT molecular complexity index is 785. The van der Waals surface area contributed by atoms with E-state index in [0.717, 1.165) is 6.54 Å². The summed E-state index contributed by atoms with van der Waals surface area (Å²) in [5.41, 5.74) is 0.253. The first kappa shape index (κ1) is 22.7. The van der Waals surface area contributed by atoms with E-state index in [1.807, 2.05) is 13.8 Å². The largest absolute Gasteiger partial charge is 0.450 e. The number of rotatable bonds is 8. The second-order valence-electron chi connectivity index (χ2n) is 5.66. The zero-order chi connectivity index (χ0) is 19.1. The smallest absolute Gasteiger partial charge is 0.313 e. The highest BCUT2D eigenvalue weighted by atomic mass is 35.5. The molecule has 0 spiro atoms. The molecular formula is C18H21Cl2N3O4. The van der Waals surface area contributed by atoms with Crippen LogP contribution in [0.2, 0.25) is 5.02 Å². The molecule has 2 rings (SSSR count). The van der Waals surface area contributed by atoms with Gasteiger partial charge in [-0.25, -0.2) is 0 Å². The third-order valence-electron chi connectivity index (χ3n) is 3.58. The zero-order valence-corrected chi connectivity index (χ0v) is 16.5. The number of nitrogens with zero attached hydrogens (tertiary/aromatic N) is 1. The normalized spacial score (nSPS) is 11.2. The van der Waals surface area contributed by atoms with Crippen molar-refractivity contribution in [3.63, 3.8) is 0 Å². The van der Waals surface area contributed by atoms with E-state index in [2.05, 4.69) is 10.6 Å². The van der Waals surface area contributed by atoms with Crippen molar-refractivity contribution in [2.75, 3.05) is 13.1 Å². The maximum atomic E-state index is 12.1. The van der Waals surface area contributed by atoms with Gasteiger partial charge in [0.1, 0.15) is 5.75 Å². The van der Waals surface area contributed by atoms with Crippen LogP contribution in [0.5, 0.6) is 11.5 Å².